The standard InChI is InChI=1S/C11H12BrClN4/c1-7(2)17-6-9(5-15-17)16-11-10(12)3-8(13)4-14-11/h3-7H,1-2H3,(H,14,16). The number of hydrogen-bond acceptors (Lipinski definition) is 3. The summed E-state index contributed by atoms with van der Waals surface area (Å²) in [6.07, 6.45) is 5.30. The van der Waals surface area contributed by atoms with Crippen LogP contribution >= 0.6 is 27.5 Å². The molecule has 0 saturated heterocycles. The molecule has 2 rings (SSSR count). The Hall–Kier alpha value is -1.07. The Bertz CT molecular complexity index is 524. The molecule has 0 aromatic carbocycles. The van der Waals surface area contributed by atoms with Crippen molar-refractivity contribution in [2.24, 2.45) is 0 Å². The van der Waals surface area contributed by atoms with E-state index >= 15 is 0 Å². The molecule has 90 valence electrons. The molecular weight excluding hydrogens is 304 g/mol. The molecule has 0 spiro atoms. The molecule has 0 amide bonds. The van der Waals surface area contributed by atoms with Crippen LogP contribution in [0.1, 0.15) is 19.9 Å². The molecule has 2 aromatic rings. The first-order valence-corrected chi connectivity index (χ1v) is 6.35. The first-order chi connectivity index (χ1) is 8.06. The van der Waals surface area contributed by atoms with Crippen LogP contribution in [-0.4, -0.2) is 14.8 Å². The van der Waals surface area contributed by atoms with Gasteiger partial charge >= 0.3 is 0 Å². The minimum atomic E-state index is 0.340. The Kier molecular flexibility index (Phi) is 3.69. The van der Waals surface area contributed by atoms with E-state index in [9.17, 15) is 0 Å². The fourth-order valence-electron chi connectivity index (χ4n) is 1.33. The smallest absolute Gasteiger partial charge is 0.144 e. The molecule has 0 aliphatic carbocycles. The van der Waals surface area contributed by atoms with E-state index < -0.39 is 0 Å². The highest BCUT2D eigenvalue weighted by Gasteiger charge is 2.05. The minimum Gasteiger partial charge on any atom is -0.337 e. The van der Waals surface area contributed by atoms with E-state index in [1.807, 2.05) is 10.9 Å². The third kappa shape index (κ3) is 2.98. The predicted molar refractivity (Wildman–Crippen MR) is 72.8 cm³/mol. The first-order valence-electron chi connectivity index (χ1n) is 5.18. The van der Waals surface area contributed by atoms with Crippen molar-refractivity contribution in [2.75, 3.05) is 5.32 Å². The van der Waals surface area contributed by atoms with E-state index in [4.69, 9.17) is 11.6 Å². The molecule has 1 N–H and O–H groups in total. The van der Waals surface area contributed by atoms with E-state index in [0.717, 1.165) is 16.0 Å². The molecule has 0 bridgehead atoms. The van der Waals surface area contributed by atoms with Gasteiger partial charge in [0.2, 0.25) is 0 Å². The number of anilines is 2. The minimum absolute atomic E-state index is 0.340. The maximum absolute atomic E-state index is 5.83. The molecule has 2 aromatic heterocycles. The third-order valence-electron chi connectivity index (χ3n) is 2.20. The molecule has 0 aliphatic heterocycles. The molecule has 0 fully saturated rings. The third-order valence-corrected chi connectivity index (χ3v) is 3.01. The van der Waals surface area contributed by atoms with Crippen LogP contribution in [0.15, 0.2) is 29.1 Å². The quantitative estimate of drug-likeness (QED) is 0.930. The number of hydrogen-bond donors (Lipinski definition) is 1. The zero-order chi connectivity index (χ0) is 12.4. The topological polar surface area (TPSA) is 42.7 Å². The zero-order valence-corrected chi connectivity index (χ0v) is 11.8. The molecule has 17 heavy (non-hydrogen) atoms. The zero-order valence-electron chi connectivity index (χ0n) is 9.48. The molecule has 0 atom stereocenters. The number of rotatable bonds is 3. The van der Waals surface area contributed by atoms with Crippen molar-refractivity contribution in [1.82, 2.24) is 14.8 Å². The van der Waals surface area contributed by atoms with Crippen molar-refractivity contribution in [3.05, 3.63) is 34.2 Å². The molecule has 4 nitrogen and oxygen atoms in total. The normalized spacial score (nSPS) is 10.9. The summed E-state index contributed by atoms with van der Waals surface area (Å²) in [5.74, 6) is 0.720. The van der Waals surface area contributed by atoms with Crippen LogP contribution in [0.3, 0.4) is 0 Å². The number of aromatic nitrogens is 3. The molecule has 0 unspecified atom stereocenters. The van der Waals surface area contributed by atoms with Gasteiger partial charge in [-0.3, -0.25) is 4.68 Å². The van der Waals surface area contributed by atoms with Crippen LogP contribution in [0.5, 0.6) is 0 Å². The van der Waals surface area contributed by atoms with E-state index in [-0.39, 0.29) is 0 Å². The SMILES string of the molecule is CC(C)n1cc(Nc2ncc(Cl)cc2Br)cn1. The average molecular weight is 316 g/mol. The van der Waals surface area contributed by atoms with Gasteiger partial charge in [0.05, 0.1) is 21.4 Å². The lowest BCUT2D eigenvalue weighted by Crippen LogP contribution is -2.00. The molecule has 0 radical (unpaired) electrons. The van der Waals surface area contributed by atoms with Crippen molar-refractivity contribution in [2.45, 2.75) is 19.9 Å². The van der Waals surface area contributed by atoms with Crippen molar-refractivity contribution in [1.29, 1.82) is 0 Å². The van der Waals surface area contributed by atoms with E-state index in [2.05, 4.69) is 45.2 Å². The van der Waals surface area contributed by atoms with Crippen LogP contribution in [0.25, 0.3) is 0 Å². The van der Waals surface area contributed by atoms with E-state index in [1.165, 1.54) is 0 Å². The lowest BCUT2D eigenvalue weighted by Gasteiger charge is -2.06. The van der Waals surface area contributed by atoms with Crippen LogP contribution in [0.4, 0.5) is 11.5 Å². The number of halogens is 2. The molecule has 2 heterocycles. The lowest BCUT2D eigenvalue weighted by molar-refractivity contribution is 0.532. The Morgan fingerprint density at radius 2 is 2.18 bits per heavy atom. The fraction of sp³-hybridized carbons (Fsp3) is 0.273. The summed E-state index contributed by atoms with van der Waals surface area (Å²) >= 11 is 9.23. The summed E-state index contributed by atoms with van der Waals surface area (Å²) in [7, 11) is 0. The van der Waals surface area contributed by atoms with Crippen LogP contribution in [-0.2, 0) is 0 Å². The Labute approximate surface area is 113 Å². The number of nitrogens with one attached hydrogen (secondary N) is 1. The van der Waals surface area contributed by atoms with Gasteiger partial charge in [0.25, 0.3) is 0 Å². The maximum atomic E-state index is 5.83. The van der Waals surface area contributed by atoms with Crippen molar-refractivity contribution in [3.8, 4) is 0 Å². The van der Waals surface area contributed by atoms with Gasteiger partial charge < -0.3 is 5.32 Å². The second kappa shape index (κ2) is 5.06. The van der Waals surface area contributed by atoms with E-state index in [0.29, 0.717) is 11.1 Å². The Balaban J connectivity index is 2.19. The van der Waals surface area contributed by atoms with Gasteiger partial charge in [0.1, 0.15) is 5.82 Å². The Morgan fingerprint density at radius 3 is 2.76 bits per heavy atom. The Morgan fingerprint density at radius 1 is 1.41 bits per heavy atom. The van der Waals surface area contributed by atoms with Crippen LogP contribution < -0.4 is 5.32 Å². The van der Waals surface area contributed by atoms with Crippen LogP contribution in [0.2, 0.25) is 5.02 Å². The second-order valence-corrected chi connectivity index (χ2v) is 5.20. The van der Waals surface area contributed by atoms with Crippen molar-refractivity contribution in [3.63, 3.8) is 0 Å². The maximum Gasteiger partial charge on any atom is 0.144 e. The lowest BCUT2D eigenvalue weighted by atomic mass is 10.4. The highest BCUT2D eigenvalue weighted by Crippen LogP contribution is 2.26. The van der Waals surface area contributed by atoms with Gasteiger partial charge in [-0.2, -0.15) is 5.10 Å². The van der Waals surface area contributed by atoms with Gasteiger partial charge in [-0.15, -0.1) is 0 Å². The highest BCUT2D eigenvalue weighted by atomic mass is 79.9. The van der Waals surface area contributed by atoms with Gasteiger partial charge in [0.15, 0.2) is 0 Å². The highest BCUT2D eigenvalue weighted by molar-refractivity contribution is 9.10. The van der Waals surface area contributed by atoms with Gasteiger partial charge in [-0.25, -0.2) is 4.98 Å². The monoisotopic (exact) mass is 314 g/mol. The van der Waals surface area contributed by atoms with Gasteiger partial charge in [0, 0.05) is 18.4 Å². The summed E-state index contributed by atoms with van der Waals surface area (Å²) in [5, 5.41) is 8.02. The summed E-state index contributed by atoms with van der Waals surface area (Å²) in [5.41, 5.74) is 0.897. The summed E-state index contributed by atoms with van der Waals surface area (Å²) in [6.45, 7) is 4.15. The molecule has 0 aliphatic rings. The van der Waals surface area contributed by atoms with E-state index in [1.54, 1.807) is 18.5 Å². The number of pyridine rings is 1. The van der Waals surface area contributed by atoms with Crippen LogP contribution in [0, 0.1) is 0 Å². The summed E-state index contributed by atoms with van der Waals surface area (Å²) in [6, 6.07) is 2.14. The molecule has 6 heteroatoms. The predicted octanol–water partition coefficient (Wildman–Crippen LogP) is 4.02. The van der Waals surface area contributed by atoms with Gasteiger partial charge in [-0.05, 0) is 35.8 Å². The molecular formula is C11H12BrClN4. The summed E-state index contributed by atoms with van der Waals surface area (Å²) < 4.78 is 2.70. The largest absolute Gasteiger partial charge is 0.337 e. The number of nitrogens with zero attached hydrogens (tertiary/aromatic N) is 3. The first kappa shape index (κ1) is 12.4. The summed E-state index contributed by atoms with van der Waals surface area (Å²) in [4.78, 5) is 4.20. The fourth-order valence-corrected chi connectivity index (χ4v) is 2.07. The average Bonchev–Trinajstić information content (AvgIpc) is 2.71. The van der Waals surface area contributed by atoms with Gasteiger partial charge in [-0.1, -0.05) is 11.6 Å². The van der Waals surface area contributed by atoms with Crippen molar-refractivity contribution < 1.29 is 0 Å². The second-order valence-electron chi connectivity index (χ2n) is 3.91. The molecule has 0 saturated carbocycles. The van der Waals surface area contributed by atoms with Crippen molar-refractivity contribution >= 4 is 39.0 Å².